The molecule has 3 heteroatoms. The van der Waals surface area contributed by atoms with Crippen molar-refractivity contribution < 1.29 is 9.13 Å². The van der Waals surface area contributed by atoms with Gasteiger partial charge in [0.2, 0.25) is 0 Å². The smallest absolute Gasteiger partial charge is 0.130 e. The number of nitrogens with two attached hydrogens (primary N) is 1. The van der Waals surface area contributed by atoms with E-state index in [-0.39, 0.29) is 5.82 Å². The van der Waals surface area contributed by atoms with Gasteiger partial charge in [-0.1, -0.05) is 19.1 Å². The molecule has 82 valence electrons. The minimum Gasteiger partial charge on any atom is -0.496 e. The van der Waals surface area contributed by atoms with Gasteiger partial charge in [0.1, 0.15) is 11.6 Å². The number of ether oxygens (including phenoxy) is 1. The van der Waals surface area contributed by atoms with Crippen molar-refractivity contribution >= 4 is 6.08 Å². The highest BCUT2D eigenvalue weighted by molar-refractivity contribution is 5.58. The molecule has 0 heterocycles. The summed E-state index contributed by atoms with van der Waals surface area (Å²) >= 11 is 0. The second kappa shape index (κ2) is 5.51. The number of hydrogen-bond acceptors (Lipinski definition) is 2. The average molecular weight is 209 g/mol. The Kier molecular flexibility index (Phi) is 4.31. The first-order valence-corrected chi connectivity index (χ1v) is 4.96. The van der Waals surface area contributed by atoms with Crippen molar-refractivity contribution in [3.63, 3.8) is 0 Å². The molecule has 2 N–H and O–H groups in total. The Bertz CT molecular complexity index is 361. The molecular weight excluding hydrogens is 193 g/mol. The molecule has 0 spiro atoms. The molecule has 1 aromatic carbocycles. The Balaban J connectivity index is 3.16. The highest BCUT2D eigenvalue weighted by Crippen LogP contribution is 2.24. The van der Waals surface area contributed by atoms with E-state index in [0.29, 0.717) is 24.3 Å². The summed E-state index contributed by atoms with van der Waals surface area (Å²) < 4.78 is 18.5. The van der Waals surface area contributed by atoms with Crippen molar-refractivity contribution in [1.82, 2.24) is 0 Å². The zero-order valence-electron chi connectivity index (χ0n) is 9.09. The summed E-state index contributed by atoms with van der Waals surface area (Å²) in [6, 6.07) is 3.20. The first-order chi connectivity index (χ1) is 7.22. The van der Waals surface area contributed by atoms with Crippen LogP contribution in [-0.4, -0.2) is 13.7 Å². The van der Waals surface area contributed by atoms with E-state index in [1.807, 2.05) is 19.1 Å². The highest BCUT2D eigenvalue weighted by atomic mass is 19.1. The third-order valence-electron chi connectivity index (χ3n) is 2.21. The molecule has 15 heavy (non-hydrogen) atoms. The van der Waals surface area contributed by atoms with Crippen LogP contribution in [0.25, 0.3) is 6.08 Å². The predicted molar refractivity (Wildman–Crippen MR) is 60.4 cm³/mol. The van der Waals surface area contributed by atoms with Gasteiger partial charge < -0.3 is 10.5 Å². The average Bonchev–Trinajstić information content (AvgIpc) is 2.26. The summed E-state index contributed by atoms with van der Waals surface area (Å²) in [6.45, 7) is 2.38. The van der Waals surface area contributed by atoms with Crippen molar-refractivity contribution in [3.05, 3.63) is 35.2 Å². The molecule has 0 aliphatic rings. The molecule has 0 radical (unpaired) electrons. The van der Waals surface area contributed by atoms with Crippen LogP contribution < -0.4 is 10.5 Å². The molecule has 0 aliphatic carbocycles. The van der Waals surface area contributed by atoms with Crippen LogP contribution in [0.4, 0.5) is 4.39 Å². The van der Waals surface area contributed by atoms with Crippen molar-refractivity contribution in [1.29, 1.82) is 0 Å². The van der Waals surface area contributed by atoms with Gasteiger partial charge in [-0.05, 0) is 18.1 Å². The minimum atomic E-state index is -0.223. The molecular formula is C12H16FNO. The van der Waals surface area contributed by atoms with E-state index < -0.39 is 0 Å². The molecule has 0 saturated heterocycles. The van der Waals surface area contributed by atoms with Crippen LogP contribution in [0.5, 0.6) is 5.75 Å². The van der Waals surface area contributed by atoms with E-state index in [9.17, 15) is 4.39 Å². The number of aryl methyl sites for hydroxylation is 1. The van der Waals surface area contributed by atoms with E-state index >= 15 is 0 Å². The third kappa shape index (κ3) is 2.80. The van der Waals surface area contributed by atoms with Crippen LogP contribution in [0.15, 0.2) is 18.2 Å². The molecule has 0 aromatic heterocycles. The molecule has 1 rings (SSSR count). The quantitative estimate of drug-likeness (QED) is 0.826. The second-order valence-electron chi connectivity index (χ2n) is 3.18. The SMILES string of the molecule is CCc1cc(/C=C/CN)c(OC)cc1F. The molecule has 0 unspecified atom stereocenters. The monoisotopic (exact) mass is 209 g/mol. The van der Waals surface area contributed by atoms with Crippen LogP contribution in [0.1, 0.15) is 18.1 Å². The standard InChI is InChI=1S/C12H16FNO/c1-3-9-7-10(5-4-6-14)12(15-2)8-11(9)13/h4-5,7-8H,3,6,14H2,1-2H3/b5-4+. The van der Waals surface area contributed by atoms with Crippen LogP contribution in [0.3, 0.4) is 0 Å². The molecule has 0 amide bonds. The lowest BCUT2D eigenvalue weighted by Gasteiger charge is -2.08. The molecule has 0 bridgehead atoms. The van der Waals surface area contributed by atoms with Crippen molar-refractivity contribution in [2.75, 3.05) is 13.7 Å². The van der Waals surface area contributed by atoms with Gasteiger partial charge in [-0.3, -0.25) is 0 Å². The Morgan fingerprint density at radius 2 is 2.20 bits per heavy atom. The number of hydrogen-bond donors (Lipinski definition) is 1. The van der Waals surface area contributed by atoms with E-state index in [1.165, 1.54) is 13.2 Å². The molecule has 2 nitrogen and oxygen atoms in total. The second-order valence-corrected chi connectivity index (χ2v) is 3.18. The molecule has 0 atom stereocenters. The third-order valence-corrected chi connectivity index (χ3v) is 2.21. The summed E-state index contributed by atoms with van der Waals surface area (Å²) in [7, 11) is 1.53. The summed E-state index contributed by atoms with van der Waals surface area (Å²) in [5.41, 5.74) is 6.92. The number of rotatable bonds is 4. The zero-order chi connectivity index (χ0) is 11.3. The Morgan fingerprint density at radius 3 is 2.73 bits per heavy atom. The highest BCUT2D eigenvalue weighted by Gasteiger charge is 2.06. The van der Waals surface area contributed by atoms with Crippen molar-refractivity contribution in [2.24, 2.45) is 5.73 Å². The fourth-order valence-corrected chi connectivity index (χ4v) is 1.39. The van der Waals surface area contributed by atoms with Gasteiger partial charge >= 0.3 is 0 Å². The molecule has 0 aliphatic heterocycles. The number of methoxy groups -OCH3 is 1. The Hall–Kier alpha value is -1.35. The van der Waals surface area contributed by atoms with Crippen LogP contribution in [0.2, 0.25) is 0 Å². The van der Waals surface area contributed by atoms with E-state index in [4.69, 9.17) is 10.5 Å². The van der Waals surface area contributed by atoms with Gasteiger partial charge in [-0.15, -0.1) is 0 Å². The summed E-state index contributed by atoms with van der Waals surface area (Å²) in [5, 5.41) is 0. The predicted octanol–water partition coefficient (Wildman–Crippen LogP) is 2.37. The van der Waals surface area contributed by atoms with E-state index in [1.54, 1.807) is 6.07 Å². The fraction of sp³-hybridized carbons (Fsp3) is 0.333. The fourth-order valence-electron chi connectivity index (χ4n) is 1.39. The normalized spacial score (nSPS) is 10.9. The lowest BCUT2D eigenvalue weighted by Crippen LogP contribution is -1.96. The van der Waals surface area contributed by atoms with Gasteiger partial charge in [0.05, 0.1) is 7.11 Å². The van der Waals surface area contributed by atoms with Crippen LogP contribution in [0, 0.1) is 5.82 Å². The van der Waals surface area contributed by atoms with Gasteiger partial charge in [-0.2, -0.15) is 0 Å². The van der Waals surface area contributed by atoms with Crippen molar-refractivity contribution in [3.8, 4) is 5.75 Å². The van der Waals surface area contributed by atoms with Gasteiger partial charge in [0, 0.05) is 18.2 Å². The summed E-state index contributed by atoms with van der Waals surface area (Å²) in [6.07, 6.45) is 4.33. The van der Waals surface area contributed by atoms with E-state index in [2.05, 4.69) is 0 Å². The minimum absolute atomic E-state index is 0.223. The molecule has 0 fully saturated rings. The maximum absolute atomic E-state index is 13.4. The maximum atomic E-state index is 13.4. The summed E-state index contributed by atoms with van der Waals surface area (Å²) in [5.74, 6) is 0.314. The first-order valence-electron chi connectivity index (χ1n) is 4.96. The molecule has 1 aromatic rings. The number of benzene rings is 1. The maximum Gasteiger partial charge on any atom is 0.130 e. The number of halogens is 1. The van der Waals surface area contributed by atoms with Gasteiger partial charge in [0.15, 0.2) is 0 Å². The van der Waals surface area contributed by atoms with Crippen LogP contribution in [-0.2, 0) is 6.42 Å². The molecule has 0 saturated carbocycles. The van der Waals surface area contributed by atoms with E-state index in [0.717, 1.165) is 5.56 Å². The van der Waals surface area contributed by atoms with Gasteiger partial charge in [0.25, 0.3) is 0 Å². The Labute approximate surface area is 89.6 Å². The van der Waals surface area contributed by atoms with Crippen LogP contribution >= 0.6 is 0 Å². The Morgan fingerprint density at radius 1 is 1.47 bits per heavy atom. The zero-order valence-corrected chi connectivity index (χ0v) is 9.09. The lowest BCUT2D eigenvalue weighted by atomic mass is 10.1. The topological polar surface area (TPSA) is 35.2 Å². The first kappa shape index (κ1) is 11.7. The lowest BCUT2D eigenvalue weighted by molar-refractivity contribution is 0.410. The largest absolute Gasteiger partial charge is 0.496 e. The van der Waals surface area contributed by atoms with Crippen molar-refractivity contribution in [2.45, 2.75) is 13.3 Å². The summed E-state index contributed by atoms with van der Waals surface area (Å²) in [4.78, 5) is 0. The van der Waals surface area contributed by atoms with Gasteiger partial charge in [-0.25, -0.2) is 4.39 Å².